The number of hydrogen-bond acceptors (Lipinski definition) is 3. The molecule has 0 aromatic rings. The minimum absolute atomic E-state index is 0.0124. The summed E-state index contributed by atoms with van der Waals surface area (Å²) in [6.45, 7) is 6.33. The van der Waals surface area contributed by atoms with Crippen LogP contribution in [-0.4, -0.2) is 18.6 Å². The zero-order valence-electron chi connectivity index (χ0n) is 8.88. The molecule has 0 saturated heterocycles. The molecule has 2 atom stereocenters. The first-order chi connectivity index (χ1) is 6.15. The minimum atomic E-state index is -0.140. The van der Waals surface area contributed by atoms with Gasteiger partial charge in [0, 0.05) is 6.54 Å². The van der Waals surface area contributed by atoms with Crippen LogP contribution in [0.25, 0.3) is 0 Å². The van der Waals surface area contributed by atoms with Crippen molar-refractivity contribution in [2.75, 3.05) is 6.54 Å². The molecule has 0 saturated carbocycles. The Morgan fingerprint density at radius 2 is 2.08 bits per heavy atom. The Morgan fingerprint density at radius 1 is 1.46 bits per heavy atom. The van der Waals surface area contributed by atoms with Gasteiger partial charge in [-0.25, -0.2) is 0 Å². The molecule has 0 aliphatic heterocycles. The van der Waals surface area contributed by atoms with Crippen molar-refractivity contribution in [1.82, 2.24) is 0 Å². The Balaban J connectivity index is 3.90. The molecule has 2 unspecified atom stereocenters. The number of esters is 1. The summed E-state index contributed by atoms with van der Waals surface area (Å²) in [6.07, 6.45) is 2.66. The van der Waals surface area contributed by atoms with Gasteiger partial charge in [-0.15, -0.1) is 0 Å². The van der Waals surface area contributed by atoms with Gasteiger partial charge in [-0.05, 0) is 19.8 Å². The molecule has 3 heteroatoms. The van der Waals surface area contributed by atoms with Crippen molar-refractivity contribution in [1.29, 1.82) is 0 Å². The lowest BCUT2D eigenvalue weighted by Crippen LogP contribution is -2.28. The van der Waals surface area contributed by atoms with Gasteiger partial charge >= 0.3 is 5.97 Å². The van der Waals surface area contributed by atoms with Gasteiger partial charge in [-0.1, -0.05) is 20.3 Å². The molecule has 0 radical (unpaired) electrons. The first kappa shape index (κ1) is 12.4. The van der Waals surface area contributed by atoms with Gasteiger partial charge in [-0.2, -0.15) is 0 Å². The Morgan fingerprint density at radius 3 is 2.46 bits per heavy atom. The lowest BCUT2D eigenvalue weighted by Gasteiger charge is -2.16. The molecular formula is C10H21NO2. The van der Waals surface area contributed by atoms with E-state index in [1.165, 1.54) is 0 Å². The maximum atomic E-state index is 11.4. The van der Waals surface area contributed by atoms with Gasteiger partial charge < -0.3 is 10.5 Å². The van der Waals surface area contributed by atoms with Crippen molar-refractivity contribution < 1.29 is 9.53 Å². The van der Waals surface area contributed by atoms with Gasteiger partial charge in [-0.3, -0.25) is 4.79 Å². The highest BCUT2D eigenvalue weighted by Crippen LogP contribution is 2.09. The highest BCUT2D eigenvalue weighted by atomic mass is 16.5. The maximum Gasteiger partial charge on any atom is 0.310 e. The molecule has 13 heavy (non-hydrogen) atoms. The topological polar surface area (TPSA) is 52.3 Å². The fourth-order valence-electron chi connectivity index (χ4n) is 1.06. The second-order valence-corrected chi connectivity index (χ2v) is 3.38. The molecule has 0 rings (SSSR count). The largest absolute Gasteiger partial charge is 0.462 e. The van der Waals surface area contributed by atoms with E-state index in [1.807, 2.05) is 20.8 Å². The van der Waals surface area contributed by atoms with Crippen LogP contribution in [0.2, 0.25) is 0 Å². The van der Waals surface area contributed by atoms with Crippen molar-refractivity contribution in [2.45, 2.75) is 46.1 Å². The summed E-state index contributed by atoms with van der Waals surface area (Å²) in [5, 5.41) is 0. The van der Waals surface area contributed by atoms with Gasteiger partial charge in [0.05, 0.1) is 12.0 Å². The highest BCUT2D eigenvalue weighted by molar-refractivity contribution is 5.72. The summed E-state index contributed by atoms with van der Waals surface area (Å²) in [5.41, 5.74) is 5.48. The maximum absolute atomic E-state index is 11.4. The van der Waals surface area contributed by atoms with Gasteiger partial charge in [0.2, 0.25) is 0 Å². The summed E-state index contributed by atoms with van der Waals surface area (Å²) in [7, 11) is 0. The fourth-order valence-corrected chi connectivity index (χ4v) is 1.06. The first-order valence-electron chi connectivity index (χ1n) is 5.06. The molecule has 0 spiro atoms. The SMILES string of the molecule is CCCC(CN)C(=O)OC(C)CC. The summed E-state index contributed by atoms with van der Waals surface area (Å²) < 4.78 is 5.19. The Kier molecular flexibility index (Phi) is 6.59. The average molecular weight is 187 g/mol. The number of hydrogen-bond donors (Lipinski definition) is 1. The minimum Gasteiger partial charge on any atom is -0.462 e. The number of nitrogens with two attached hydrogens (primary N) is 1. The Labute approximate surface area is 80.6 Å². The number of rotatable bonds is 6. The van der Waals surface area contributed by atoms with Crippen molar-refractivity contribution in [3.63, 3.8) is 0 Å². The van der Waals surface area contributed by atoms with Crippen molar-refractivity contribution >= 4 is 5.97 Å². The van der Waals surface area contributed by atoms with Crippen LogP contribution < -0.4 is 5.73 Å². The normalized spacial score (nSPS) is 15.1. The van der Waals surface area contributed by atoms with E-state index in [4.69, 9.17) is 10.5 Å². The van der Waals surface area contributed by atoms with E-state index in [2.05, 4.69) is 0 Å². The van der Waals surface area contributed by atoms with Crippen molar-refractivity contribution in [3.8, 4) is 0 Å². The van der Waals surface area contributed by atoms with E-state index in [0.717, 1.165) is 19.3 Å². The molecule has 78 valence electrons. The van der Waals surface area contributed by atoms with Crippen LogP contribution in [0, 0.1) is 5.92 Å². The smallest absolute Gasteiger partial charge is 0.310 e. The molecule has 0 aliphatic rings. The van der Waals surface area contributed by atoms with Gasteiger partial charge in [0.25, 0.3) is 0 Å². The molecule has 2 N–H and O–H groups in total. The quantitative estimate of drug-likeness (QED) is 0.644. The third-order valence-corrected chi connectivity index (χ3v) is 2.15. The summed E-state index contributed by atoms with van der Waals surface area (Å²) in [5.74, 6) is -0.252. The standard InChI is InChI=1S/C10H21NO2/c1-4-6-9(7-11)10(12)13-8(3)5-2/h8-9H,4-7,11H2,1-3H3. The molecule has 0 fully saturated rings. The van der Waals surface area contributed by atoms with E-state index < -0.39 is 0 Å². The van der Waals surface area contributed by atoms with Crippen LogP contribution in [0.15, 0.2) is 0 Å². The van der Waals surface area contributed by atoms with E-state index >= 15 is 0 Å². The Hall–Kier alpha value is -0.570. The first-order valence-corrected chi connectivity index (χ1v) is 5.06. The number of ether oxygens (including phenoxy) is 1. The van der Waals surface area contributed by atoms with Crippen LogP contribution in [0.3, 0.4) is 0 Å². The van der Waals surface area contributed by atoms with Gasteiger partial charge in [0.1, 0.15) is 0 Å². The molecule has 0 aliphatic carbocycles. The number of carbonyl (C=O) groups is 1. The lowest BCUT2D eigenvalue weighted by atomic mass is 10.0. The van der Waals surface area contributed by atoms with Crippen LogP contribution in [0.4, 0.5) is 0 Å². The zero-order valence-corrected chi connectivity index (χ0v) is 8.88. The van der Waals surface area contributed by atoms with E-state index in [-0.39, 0.29) is 18.0 Å². The molecule has 0 aromatic carbocycles. The summed E-state index contributed by atoms with van der Waals surface area (Å²) in [6, 6.07) is 0. The van der Waals surface area contributed by atoms with Crippen molar-refractivity contribution in [3.05, 3.63) is 0 Å². The molecule has 0 amide bonds. The third kappa shape index (κ3) is 4.88. The van der Waals surface area contributed by atoms with E-state index in [9.17, 15) is 4.79 Å². The molecular weight excluding hydrogens is 166 g/mol. The monoisotopic (exact) mass is 187 g/mol. The van der Waals surface area contributed by atoms with Crippen molar-refractivity contribution in [2.24, 2.45) is 11.7 Å². The zero-order chi connectivity index (χ0) is 10.3. The summed E-state index contributed by atoms with van der Waals surface area (Å²) >= 11 is 0. The van der Waals surface area contributed by atoms with Crippen LogP contribution >= 0.6 is 0 Å². The van der Waals surface area contributed by atoms with Crippen LogP contribution in [0.1, 0.15) is 40.0 Å². The molecule has 0 aromatic heterocycles. The summed E-state index contributed by atoms with van der Waals surface area (Å²) in [4.78, 5) is 11.4. The number of carbonyl (C=O) groups excluding carboxylic acids is 1. The second-order valence-electron chi connectivity index (χ2n) is 3.38. The van der Waals surface area contributed by atoms with Crippen LogP contribution in [-0.2, 0) is 9.53 Å². The predicted octanol–water partition coefficient (Wildman–Crippen LogP) is 1.70. The molecule has 0 heterocycles. The predicted molar refractivity (Wildman–Crippen MR) is 53.3 cm³/mol. The van der Waals surface area contributed by atoms with Gasteiger partial charge in [0.15, 0.2) is 0 Å². The third-order valence-electron chi connectivity index (χ3n) is 2.15. The highest BCUT2D eigenvalue weighted by Gasteiger charge is 2.18. The van der Waals surface area contributed by atoms with E-state index in [1.54, 1.807) is 0 Å². The Bertz CT molecular complexity index is 148. The fraction of sp³-hybridized carbons (Fsp3) is 0.900. The van der Waals surface area contributed by atoms with E-state index in [0.29, 0.717) is 6.54 Å². The molecule has 3 nitrogen and oxygen atoms in total. The lowest BCUT2D eigenvalue weighted by molar-refractivity contribution is -0.153. The second kappa shape index (κ2) is 6.89. The molecule has 0 bridgehead atoms. The average Bonchev–Trinajstić information content (AvgIpc) is 2.13. The van der Waals surface area contributed by atoms with Crippen LogP contribution in [0.5, 0.6) is 0 Å².